The van der Waals surface area contributed by atoms with Gasteiger partial charge in [-0.15, -0.1) is 0 Å². The smallest absolute Gasteiger partial charge is 0.422 e. The molecule has 28 heavy (non-hydrogen) atoms. The summed E-state index contributed by atoms with van der Waals surface area (Å²) in [5.41, 5.74) is 3.06. The largest absolute Gasteiger partial charge is 0.468 e. The fourth-order valence-electron chi connectivity index (χ4n) is 2.63. The van der Waals surface area contributed by atoms with Crippen molar-refractivity contribution in [3.63, 3.8) is 0 Å². The Balaban J connectivity index is 1.88. The number of hydrogen-bond acceptors (Lipinski definition) is 5. The Kier molecular flexibility index (Phi) is 6.98. The molecular weight excluding hydrogens is 375 g/mol. The summed E-state index contributed by atoms with van der Waals surface area (Å²) in [4.78, 5) is 15.9. The average molecular weight is 395 g/mol. The number of carbonyl (C=O) groups excluding carboxylic acids is 1. The number of pyridine rings is 1. The fraction of sp³-hybridized carbons (Fsp3) is 0.444. The second kappa shape index (κ2) is 9.21. The van der Waals surface area contributed by atoms with E-state index in [2.05, 4.69) is 26.2 Å². The molecule has 1 amide bonds. The van der Waals surface area contributed by atoms with Crippen LogP contribution in [0.3, 0.4) is 0 Å². The maximum absolute atomic E-state index is 12.1. The van der Waals surface area contributed by atoms with Gasteiger partial charge in [-0.2, -0.15) is 23.5 Å². The molecule has 10 heteroatoms. The number of hydrogen-bond donors (Lipinski definition) is 1. The maximum atomic E-state index is 12.1. The van der Waals surface area contributed by atoms with Gasteiger partial charge in [0, 0.05) is 18.2 Å². The molecule has 7 nitrogen and oxygen atoms in total. The van der Waals surface area contributed by atoms with E-state index in [9.17, 15) is 18.0 Å². The van der Waals surface area contributed by atoms with Crippen molar-refractivity contribution in [1.82, 2.24) is 14.8 Å². The quantitative estimate of drug-likeness (QED) is 0.740. The van der Waals surface area contributed by atoms with Crippen molar-refractivity contribution in [2.75, 3.05) is 11.9 Å². The topological polar surface area (TPSA) is 92.8 Å². The molecule has 150 valence electrons. The molecule has 0 saturated carbocycles. The lowest BCUT2D eigenvalue weighted by Gasteiger charge is -2.09. The molecule has 0 radical (unpaired) electrons. The highest BCUT2D eigenvalue weighted by atomic mass is 19.4. The van der Waals surface area contributed by atoms with Crippen molar-refractivity contribution >= 4 is 11.6 Å². The van der Waals surface area contributed by atoms with Crippen molar-refractivity contribution < 1.29 is 22.7 Å². The summed E-state index contributed by atoms with van der Waals surface area (Å²) in [6, 6.07) is 4.76. The monoisotopic (exact) mass is 395 g/mol. The zero-order chi connectivity index (χ0) is 20.7. The van der Waals surface area contributed by atoms with E-state index < -0.39 is 12.8 Å². The van der Waals surface area contributed by atoms with Gasteiger partial charge < -0.3 is 10.1 Å². The third-order valence-electron chi connectivity index (χ3n) is 3.97. The summed E-state index contributed by atoms with van der Waals surface area (Å²) in [6.45, 7) is 2.83. The van der Waals surface area contributed by atoms with E-state index in [4.69, 9.17) is 5.26 Å². The van der Waals surface area contributed by atoms with Gasteiger partial charge in [-0.05, 0) is 31.9 Å². The van der Waals surface area contributed by atoms with Crippen molar-refractivity contribution in [2.24, 2.45) is 0 Å². The lowest BCUT2D eigenvalue weighted by atomic mass is 10.1. The number of aromatic nitrogens is 3. The zero-order valence-electron chi connectivity index (χ0n) is 15.5. The van der Waals surface area contributed by atoms with E-state index in [1.54, 1.807) is 4.68 Å². The van der Waals surface area contributed by atoms with Gasteiger partial charge in [-0.1, -0.05) is 0 Å². The van der Waals surface area contributed by atoms with Crippen molar-refractivity contribution in [2.45, 2.75) is 45.8 Å². The number of anilines is 1. The molecule has 0 aliphatic heterocycles. The highest BCUT2D eigenvalue weighted by molar-refractivity contribution is 5.90. The number of rotatable bonds is 8. The Labute approximate surface area is 160 Å². The number of ether oxygens (including phenoxy) is 1. The lowest BCUT2D eigenvalue weighted by Crippen LogP contribution is -2.19. The first-order valence-electron chi connectivity index (χ1n) is 8.55. The van der Waals surface area contributed by atoms with Gasteiger partial charge in [-0.25, -0.2) is 4.98 Å². The molecule has 2 heterocycles. The number of nitrogens with one attached hydrogen (secondary N) is 1. The standard InChI is InChI=1S/C18H20F3N5O2/c1-12-15(13(2)26(25-12)9-3-8-22)5-6-16(27)24-14-4-7-17(23-10-14)28-11-18(19,20)21/h4,7,10H,3,5-6,9,11H2,1-2H3,(H,24,27). The summed E-state index contributed by atoms with van der Waals surface area (Å²) in [6.07, 6.45) is -2.15. The van der Waals surface area contributed by atoms with Gasteiger partial charge in [-0.3, -0.25) is 9.48 Å². The van der Waals surface area contributed by atoms with E-state index in [-0.39, 0.29) is 18.2 Å². The fourth-order valence-corrected chi connectivity index (χ4v) is 2.63. The Hall–Kier alpha value is -3.09. The number of amides is 1. The molecule has 0 aliphatic rings. The van der Waals surface area contributed by atoms with Crippen LogP contribution in [0.15, 0.2) is 18.3 Å². The summed E-state index contributed by atoms with van der Waals surface area (Å²) in [7, 11) is 0. The summed E-state index contributed by atoms with van der Waals surface area (Å²) < 4.78 is 42.6. The Bertz CT molecular complexity index is 854. The molecule has 0 fully saturated rings. The van der Waals surface area contributed by atoms with Crippen LogP contribution in [0.4, 0.5) is 18.9 Å². The third-order valence-corrected chi connectivity index (χ3v) is 3.97. The minimum atomic E-state index is -4.44. The first-order chi connectivity index (χ1) is 13.2. The number of halogens is 3. The Morgan fingerprint density at radius 2 is 2.11 bits per heavy atom. The van der Waals surface area contributed by atoms with Crippen LogP contribution >= 0.6 is 0 Å². The van der Waals surface area contributed by atoms with Gasteiger partial charge in [0.25, 0.3) is 0 Å². The van der Waals surface area contributed by atoms with Crippen LogP contribution in [0.5, 0.6) is 5.88 Å². The van der Waals surface area contributed by atoms with Crippen molar-refractivity contribution in [3.8, 4) is 11.9 Å². The van der Waals surface area contributed by atoms with Crippen LogP contribution in [0.25, 0.3) is 0 Å². The summed E-state index contributed by atoms with van der Waals surface area (Å²) in [5, 5.41) is 15.7. The van der Waals surface area contributed by atoms with Crippen LogP contribution < -0.4 is 10.1 Å². The normalized spacial score (nSPS) is 11.1. The molecular formula is C18H20F3N5O2. The third kappa shape index (κ3) is 6.26. The highest BCUT2D eigenvalue weighted by Gasteiger charge is 2.28. The lowest BCUT2D eigenvalue weighted by molar-refractivity contribution is -0.154. The molecule has 0 spiro atoms. The van der Waals surface area contributed by atoms with Crippen molar-refractivity contribution in [3.05, 3.63) is 35.3 Å². The Morgan fingerprint density at radius 3 is 2.71 bits per heavy atom. The average Bonchev–Trinajstić information content (AvgIpc) is 2.90. The zero-order valence-corrected chi connectivity index (χ0v) is 15.5. The molecule has 0 bridgehead atoms. The van der Waals surface area contributed by atoms with Gasteiger partial charge in [0.1, 0.15) is 0 Å². The minimum Gasteiger partial charge on any atom is -0.468 e. The molecule has 2 rings (SSSR count). The molecule has 2 aromatic rings. The van der Waals surface area contributed by atoms with E-state index >= 15 is 0 Å². The maximum Gasteiger partial charge on any atom is 0.422 e. The molecule has 1 N–H and O–H groups in total. The molecule has 2 aromatic heterocycles. The SMILES string of the molecule is Cc1nn(CCC#N)c(C)c1CCC(=O)Nc1ccc(OCC(F)(F)F)nc1. The van der Waals surface area contributed by atoms with E-state index in [0.717, 1.165) is 17.0 Å². The van der Waals surface area contributed by atoms with Gasteiger partial charge >= 0.3 is 6.18 Å². The number of alkyl halides is 3. The summed E-state index contributed by atoms with van der Waals surface area (Å²) >= 11 is 0. The molecule has 0 aromatic carbocycles. The molecule has 0 unspecified atom stereocenters. The van der Waals surface area contributed by atoms with Crippen LogP contribution in [-0.2, 0) is 17.8 Å². The number of nitriles is 1. The van der Waals surface area contributed by atoms with E-state index in [0.29, 0.717) is 25.1 Å². The minimum absolute atomic E-state index is 0.175. The van der Waals surface area contributed by atoms with Crippen molar-refractivity contribution in [1.29, 1.82) is 5.26 Å². The van der Waals surface area contributed by atoms with Crippen LogP contribution in [0, 0.1) is 25.2 Å². The highest BCUT2D eigenvalue weighted by Crippen LogP contribution is 2.19. The van der Waals surface area contributed by atoms with Gasteiger partial charge in [0.05, 0.1) is 36.6 Å². The number of aryl methyl sites for hydroxylation is 2. The Morgan fingerprint density at radius 1 is 1.36 bits per heavy atom. The number of carbonyl (C=O) groups is 1. The second-order valence-corrected chi connectivity index (χ2v) is 6.12. The van der Waals surface area contributed by atoms with Crippen LogP contribution in [0.1, 0.15) is 29.8 Å². The molecule has 0 atom stereocenters. The van der Waals surface area contributed by atoms with E-state index in [1.165, 1.54) is 18.3 Å². The number of nitrogens with zero attached hydrogens (tertiary/aromatic N) is 4. The summed E-state index contributed by atoms with van der Waals surface area (Å²) in [5.74, 6) is -0.430. The first-order valence-corrected chi connectivity index (χ1v) is 8.55. The van der Waals surface area contributed by atoms with Crippen LogP contribution in [-0.4, -0.2) is 33.5 Å². The predicted molar refractivity (Wildman–Crippen MR) is 94.7 cm³/mol. The van der Waals surface area contributed by atoms with Crippen LogP contribution in [0.2, 0.25) is 0 Å². The van der Waals surface area contributed by atoms with Gasteiger partial charge in [0.2, 0.25) is 11.8 Å². The predicted octanol–water partition coefficient (Wildman–Crippen LogP) is 3.32. The molecule has 0 aliphatic carbocycles. The first kappa shape index (κ1) is 21.2. The second-order valence-electron chi connectivity index (χ2n) is 6.12. The van der Waals surface area contributed by atoms with E-state index in [1.807, 2.05) is 13.8 Å². The van der Waals surface area contributed by atoms with Gasteiger partial charge in [0.15, 0.2) is 6.61 Å². The molecule has 0 saturated heterocycles.